The summed E-state index contributed by atoms with van der Waals surface area (Å²) in [5.41, 5.74) is 3.38. The Hall–Kier alpha value is -2.13. The Morgan fingerprint density at radius 3 is 2.22 bits per heavy atom. The topological polar surface area (TPSA) is 41.1 Å². The predicted octanol–water partition coefficient (Wildman–Crippen LogP) is 4.17. The number of hydrogen-bond donors (Lipinski definition) is 2. The minimum atomic E-state index is -0.0213. The molecule has 0 fully saturated rings. The number of carbonyl (C=O) groups is 1. The molecule has 0 bridgehead atoms. The fraction of sp³-hybridized carbons (Fsp3) is 0.350. The van der Waals surface area contributed by atoms with Crippen LogP contribution in [0.4, 0.5) is 5.69 Å². The molecule has 3 heteroatoms. The van der Waals surface area contributed by atoms with Crippen LogP contribution in [0.25, 0.3) is 0 Å². The zero-order chi connectivity index (χ0) is 16.7. The van der Waals surface area contributed by atoms with Gasteiger partial charge in [-0.2, -0.15) is 0 Å². The van der Waals surface area contributed by atoms with E-state index in [1.165, 1.54) is 11.1 Å². The van der Waals surface area contributed by atoms with Gasteiger partial charge in [-0.05, 0) is 35.6 Å². The summed E-state index contributed by atoms with van der Waals surface area (Å²) in [5, 5.41) is 6.29. The van der Waals surface area contributed by atoms with Crippen LogP contribution in [0.15, 0.2) is 54.6 Å². The van der Waals surface area contributed by atoms with Crippen LogP contribution in [0.3, 0.4) is 0 Å². The summed E-state index contributed by atoms with van der Waals surface area (Å²) < 4.78 is 0. The molecular weight excluding hydrogens is 284 g/mol. The molecule has 1 amide bonds. The van der Waals surface area contributed by atoms with E-state index in [1.807, 2.05) is 30.3 Å². The molecule has 122 valence electrons. The first-order valence-electron chi connectivity index (χ1n) is 8.27. The van der Waals surface area contributed by atoms with Gasteiger partial charge in [0.15, 0.2) is 0 Å². The Balaban J connectivity index is 1.95. The molecule has 2 N–H and O–H groups in total. The molecule has 3 nitrogen and oxygen atoms in total. The third kappa shape index (κ3) is 5.22. The second kappa shape index (κ2) is 8.49. The maximum absolute atomic E-state index is 12.1. The molecule has 0 unspecified atom stereocenters. The van der Waals surface area contributed by atoms with Gasteiger partial charge in [-0.3, -0.25) is 4.79 Å². The van der Waals surface area contributed by atoms with E-state index in [9.17, 15) is 4.79 Å². The molecule has 0 aliphatic carbocycles. The van der Waals surface area contributed by atoms with Gasteiger partial charge in [0.05, 0.1) is 6.54 Å². The first-order chi connectivity index (χ1) is 11.1. The highest BCUT2D eigenvalue weighted by molar-refractivity contribution is 5.92. The summed E-state index contributed by atoms with van der Waals surface area (Å²) in [4.78, 5) is 12.1. The molecule has 0 saturated heterocycles. The molecule has 2 aromatic rings. The van der Waals surface area contributed by atoms with Crippen molar-refractivity contribution in [2.75, 3.05) is 11.9 Å². The second-order valence-electron chi connectivity index (χ2n) is 6.11. The van der Waals surface area contributed by atoms with Crippen molar-refractivity contribution in [2.45, 2.75) is 33.2 Å². The predicted molar refractivity (Wildman–Crippen MR) is 96.5 cm³/mol. The van der Waals surface area contributed by atoms with Gasteiger partial charge in [0.1, 0.15) is 0 Å². The second-order valence-corrected chi connectivity index (χ2v) is 6.11. The van der Waals surface area contributed by atoms with E-state index in [0.29, 0.717) is 12.5 Å². The summed E-state index contributed by atoms with van der Waals surface area (Å²) in [6.07, 6.45) is 1.04. The van der Waals surface area contributed by atoms with E-state index in [4.69, 9.17) is 0 Å². The van der Waals surface area contributed by atoms with Gasteiger partial charge in [0.2, 0.25) is 5.91 Å². The summed E-state index contributed by atoms with van der Waals surface area (Å²) in [6, 6.07) is 18.3. The van der Waals surface area contributed by atoms with E-state index >= 15 is 0 Å². The van der Waals surface area contributed by atoms with Crippen LogP contribution in [0.5, 0.6) is 0 Å². The van der Waals surface area contributed by atoms with Crippen molar-refractivity contribution < 1.29 is 4.79 Å². The van der Waals surface area contributed by atoms with Gasteiger partial charge < -0.3 is 10.6 Å². The van der Waals surface area contributed by atoms with Gasteiger partial charge >= 0.3 is 0 Å². The minimum Gasteiger partial charge on any atom is -0.325 e. The lowest BCUT2D eigenvalue weighted by atomic mass is 9.95. The van der Waals surface area contributed by atoms with Crippen LogP contribution in [0.1, 0.15) is 37.9 Å². The fourth-order valence-corrected chi connectivity index (χ4v) is 2.63. The van der Waals surface area contributed by atoms with E-state index in [2.05, 4.69) is 55.7 Å². The number of carbonyl (C=O) groups excluding carboxylic acids is 1. The summed E-state index contributed by atoms with van der Waals surface area (Å²) in [7, 11) is 0. The van der Waals surface area contributed by atoms with Crippen LogP contribution in [0.2, 0.25) is 0 Å². The smallest absolute Gasteiger partial charge is 0.238 e. The molecule has 0 heterocycles. The van der Waals surface area contributed by atoms with E-state index in [0.717, 1.165) is 12.1 Å². The number of hydrogen-bond acceptors (Lipinski definition) is 2. The first-order valence-corrected chi connectivity index (χ1v) is 8.27. The molecule has 0 saturated carbocycles. The van der Waals surface area contributed by atoms with Crippen molar-refractivity contribution >= 4 is 11.6 Å². The largest absolute Gasteiger partial charge is 0.325 e. The average molecular weight is 310 g/mol. The van der Waals surface area contributed by atoms with Crippen molar-refractivity contribution in [1.29, 1.82) is 0 Å². The SMILES string of the molecule is CCc1ccc([C@@H](NCC(=O)Nc2ccccc2)C(C)C)cc1. The molecule has 0 aliphatic rings. The summed E-state index contributed by atoms with van der Waals surface area (Å²) >= 11 is 0. The highest BCUT2D eigenvalue weighted by Crippen LogP contribution is 2.22. The van der Waals surface area contributed by atoms with E-state index in [-0.39, 0.29) is 11.9 Å². The van der Waals surface area contributed by atoms with Crippen molar-refractivity contribution in [3.05, 3.63) is 65.7 Å². The van der Waals surface area contributed by atoms with Gasteiger partial charge in [0.25, 0.3) is 0 Å². The third-order valence-corrected chi connectivity index (χ3v) is 3.95. The number of nitrogens with one attached hydrogen (secondary N) is 2. The van der Waals surface area contributed by atoms with Crippen LogP contribution in [-0.2, 0) is 11.2 Å². The Kier molecular flexibility index (Phi) is 6.36. The first kappa shape index (κ1) is 17.2. The molecule has 0 radical (unpaired) electrons. The quantitative estimate of drug-likeness (QED) is 0.805. The number of amides is 1. The van der Waals surface area contributed by atoms with E-state index < -0.39 is 0 Å². The zero-order valence-electron chi connectivity index (χ0n) is 14.2. The Morgan fingerprint density at radius 2 is 1.65 bits per heavy atom. The molecule has 2 rings (SSSR count). The maximum atomic E-state index is 12.1. The Labute approximate surface area is 139 Å². The number of rotatable bonds is 7. The van der Waals surface area contributed by atoms with Crippen LogP contribution < -0.4 is 10.6 Å². The standard InChI is InChI=1S/C20H26N2O/c1-4-16-10-12-17(13-11-16)20(15(2)3)21-14-19(23)22-18-8-6-5-7-9-18/h5-13,15,20-21H,4,14H2,1-3H3,(H,22,23)/t20-/m0/s1. The molecule has 0 aliphatic heterocycles. The van der Waals surface area contributed by atoms with Gasteiger partial charge in [0, 0.05) is 11.7 Å². The van der Waals surface area contributed by atoms with Crippen molar-refractivity contribution in [1.82, 2.24) is 5.32 Å². The van der Waals surface area contributed by atoms with Crippen molar-refractivity contribution in [3.63, 3.8) is 0 Å². The molecule has 2 aromatic carbocycles. The van der Waals surface area contributed by atoms with E-state index in [1.54, 1.807) is 0 Å². The molecular formula is C20H26N2O. The molecule has 0 aromatic heterocycles. The van der Waals surface area contributed by atoms with Crippen LogP contribution in [0, 0.1) is 5.92 Å². The zero-order valence-corrected chi connectivity index (χ0v) is 14.2. The van der Waals surface area contributed by atoms with Crippen LogP contribution in [-0.4, -0.2) is 12.5 Å². The summed E-state index contributed by atoms with van der Waals surface area (Å²) in [6.45, 7) is 6.79. The third-order valence-electron chi connectivity index (χ3n) is 3.95. The van der Waals surface area contributed by atoms with Crippen LogP contribution >= 0.6 is 0 Å². The summed E-state index contributed by atoms with van der Waals surface area (Å²) in [5.74, 6) is 0.388. The molecule has 0 spiro atoms. The lowest BCUT2D eigenvalue weighted by Gasteiger charge is -2.23. The number of benzene rings is 2. The Morgan fingerprint density at radius 1 is 1.00 bits per heavy atom. The monoisotopic (exact) mass is 310 g/mol. The lowest BCUT2D eigenvalue weighted by Crippen LogP contribution is -2.33. The van der Waals surface area contributed by atoms with Gasteiger partial charge in [-0.15, -0.1) is 0 Å². The Bertz CT molecular complexity index is 605. The van der Waals surface area contributed by atoms with Crippen molar-refractivity contribution in [3.8, 4) is 0 Å². The number of anilines is 1. The molecule has 23 heavy (non-hydrogen) atoms. The number of para-hydroxylation sites is 1. The maximum Gasteiger partial charge on any atom is 0.238 e. The normalized spacial score (nSPS) is 12.2. The highest BCUT2D eigenvalue weighted by atomic mass is 16.1. The van der Waals surface area contributed by atoms with Gasteiger partial charge in [-0.25, -0.2) is 0 Å². The average Bonchev–Trinajstić information content (AvgIpc) is 2.56. The van der Waals surface area contributed by atoms with Gasteiger partial charge in [-0.1, -0.05) is 63.2 Å². The molecule has 1 atom stereocenters. The fourth-order valence-electron chi connectivity index (χ4n) is 2.63. The highest BCUT2D eigenvalue weighted by Gasteiger charge is 2.16. The van der Waals surface area contributed by atoms with Crippen molar-refractivity contribution in [2.24, 2.45) is 5.92 Å². The lowest BCUT2D eigenvalue weighted by molar-refractivity contribution is -0.115. The minimum absolute atomic E-state index is 0.0213. The number of aryl methyl sites for hydroxylation is 1.